The van der Waals surface area contributed by atoms with Gasteiger partial charge in [0.25, 0.3) is 0 Å². The average Bonchev–Trinajstić information content (AvgIpc) is 2.65. The number of nitrogens with zero attached hydrogens (tertiary/aromatic N) is 1. The van der Waals surface area contributed by atoms with E-state index in [2.05, 4.69) is 63.9 Å². The van der Waals surface area contributed by atoms with Crippen molar-refractivity contribution in [2.45, 2.75) is 64.7 Å². The predicted molar refractivity (Wildman–Crippen MR) is 113 cm³/mol. The van der Waals surface area contributed by atoms with E-state index in [4.69, 9.17) is 13.9 Å². The lowest BCUT2D eigenvalue weighted by Gasteiger charge is -2.40. The summed E-state index contributed by atoms with van der Waals surface area (Å²) in [7, 11) is -1.67. The number of hydrogen-bond donors (Lipinski definition) is 0. The SMILES string of the molecule is CC(c1ccc2c(c1)OCCO2)N1CCCC(CO[Si](C)(C)C(C)(C)C)C1. The zero-order chi connectivity index (χ0) is 19.7. The fraction of sp³-hybridized carbons (Fsp3) is 0.727. The van der Waals surface area contributed by atoms with Crippen LogP contribution in [-0.4, -0.2) is 46.1 Å². The quantitative estimate of drug-likeness (QED) is 0.641. The van der Waals surface area contributed by atoms with Crippen molar-refractivity contribution in [2.75, 3.05) is 32.9 Å². The summed E-state index contributed by atoms with van der Waals surface area (Å²) in [6.07, 6.45) is 2.53. The molecule has 2 aliphatic rings. The molecule has 2 aliphatic heterocycles. The van der Waals surface area contributed by atoms with E-state index in [0.29, 0.717) is 25.2 Å². The lowest BCUT2D eigenvalue weighted by atomic mass is 9.96. The van der Waals surface area contributed by atoms with E-state index in [1.807, 2.05) is 0 Å². The summed E-state index contributed by atoms with van der Waals surface area (Å²) in [5.74, 6) is 2.39. The number of fused-ring (bicyclic) bond motifs is 1. The van der Waals surface area contributed by atoms with E-state index >= 15 is 0 Å². The van der Waals surface area contributed by atoms with Crippen molar-refractivity contribution < 1.29 is 13.9 Å². The molecule has 1 aromatic carbocycles. The first-order valence-corrected chi connectivity index (χ1v) is 13.4. The Morgan fingerprint density at radius 2 is 1.89 bits per heavy atom. The fourth-order valence-electron chi connectivity index (χ4n) is 3.66. The van der Waals surface area contributed by atoms with Gasteiger partial charge in [0.05, 0.1) is 0 Å². The molecule has 2 heterocycles. The first kappa shape index (κ1) is 20.7. The van der Waals surface area contributed by atoms with E-state index in [9.17, 15) is 0 Å². The minimum absolute atomic E-state index is 0.278. The summed E-state index contributed by atoms with van der Waals surface area (Å²) < 4.78 is 17.9. The van der Waals surface area contributed by atoms with Gasteiger partial charge < -0.3 is 13.9 Å². The highest BCUT2D eigenvalue weighted by Gasteiger charge is 2.38. The summed E-state index contributed by atoms with van der Waals surface area (Å²) in [6, 6.07) is 6.79. The Labute approximate surface area is 166 Å². The Bertz CT molecular complexity index is 641. The Morgan fingerprint density at radius 1 is 1.19 bits per heavy atom. The van der Waals surface area contributed by atoms with Crippen LogP contribution in [0.25, 0.3) is 0 Å². The highest BCUT2D eigenvalue weighted by molar-refractivity contribution is 6.74. The van der Waals surface area contributed by atoms with Gasteiger partial charge in [0.1, 0.15) is 13.2 Å². The maximum Gasteiger partial charge on any atom is 0.191 e. The van der Waals surface area contributed by atoms with Crippen molar-refractivity contribution in [2.24, 2.45) is 5.92 Å². The van der Waals surface area contributed by atoms with Crippen LogP contribution in [0.1, 0.15) is 52.1 Å². The molecule has 0 spiro atoms. The highest BCUT2D eigenvalue weighted by atomic mass is 28.4. The molecule has 152 valence electrons. The van der Waals surface area contributed by atoms with E-state index < -0.39 is 8.32 Å². The Morgan fingerprint density at radius 3 is 2.59 bits per heavy atom. The largest absolute Gasteiger partial charge is 0.486 e. The van der Waals surface area contributed by atoms with Crippen molar-refractivity contribution in [1.29, 1.82) is 0 Å². The molecule has 1 saturated heterocycles. The van der Waals surface area contributed by atoms with E-state index in [-0.39, 0.29) is 5.04 Å². The molecule has 2 unspecified atom stereocenters. The molecular weight excluding hydrogens is 354 g/mol. The van der Waals surface area contributed by atoms with Crippen molar-refractivity contribution in [3.63, 3.8) is 0 Å². The summed E-state index contributed by atoms with van der Waals surface area (Å²) in [5, 5.41) is 0.278. The van der Waals surface area contributed by atoms with Gasteiger partial charge in [-0.25, -0.2) is 0 Å². The molecule has 0 amide bonds. The number of hydrogen-bond acceptors (Lipinski definition) is 4. The molecule has 1 fully saturated rings. The lowest BCUT2D eigenvalue weighted by molar-refractivity contribution is 0.0960. The number of piperidine rings is 1. The molecule has 0 radical (unpaired) electrons. The minimum atomic E-state index is -1.67. The summed E-state index contributed by atoms with van der Waals surface area (Å²) >= 11 is 0. The number of rotatable bonds is 5. The third-order valence-electron chi connectivity index (χ3n) is 6.63. The lowest BCUT2D eigenvalue weighted by Crippen LogP contribution is -2.44. The van der Waals surface area contributed by atoms with Gasteiger partial charge in [0.15, 0.2) is 19.8 Å². The summed E-state index contributed by atoms with van der Waals surface area (Å²) in [4.78, 5) is 2.61. The molecule has 0 aliphatic carbocycles. The molecule has 27 heavy (non-hydrogen) atoms. The van der Waals surface area contributed by atoms with Crippen molar-refractivity contribution in [3.8, 4) is 11.5 Å². The first-order valence-electron chi connectivity index (χ1n) is 10.4. The van der Waals surface area contributed by atoms with Crippen LogP contribution in [0, 0.1) is 5.92 Å². The fourth-order valence-corrected chi connectivity index (χ4v) is 4.74. The van der Waals surface area contributed by atoms with Crippen LogP contribution in [0.3, 0.4) is 0 Å². The molecule has 0 saturated carbocycles. The predicted octanol–water partition coefficient (Wildman–Crippen LogP) is 5.25. The molecule has 0 aromatic heterocycles. The zero-order valence-electron chi connectivity index (χ0n) is 18.0. The number of ether oxygens (including phenoxy) is 2. The molecule has 3 rings (SSSR count). The van der Waals surface area contributed by atoms with Gasteiger partial charge in [-0.15, -0.1) is 0 Å². The van der Waals surface area contributed by atoms with Gasteiger partial charge in [-0.05, 0) is 68.1 Å². The average molecular weight is 392 g/mol. The number of benzene rings is 1. The van der Waals surface area contributed by atoms with Gasteiger partial charge in [-0.1, -0.05) is 26.8 Å². The third kappa shape index (κ3) is 4.87. The topological polar surface area (TPSA) is 30.9 Å². The van der Waals surface area contributed by atoms with E-state index in [0.717, 1.165) is 31.2 Å². The normalized spacial score (nSPS) is 22.5. The van der Waals surface area contributed by atoms with Crippen LogP contribution in [-0.2, 0) is 4.43 Å². The van der Waals surface area contributed by atoms with Gasteiger partial charge in [-0.2, -0.15) is 0 Å². The van der Waals surface area contributed by atoms with Crippen LogP contribution < -0.4 is 9.47 Å². The van der Waals surface area contributed by atoms with E-state index in [1.165, 1.54) is 18.4 Å². The summed E-state index contributed by atoms with van der Waals surface area (Å²) in [6.45, 7) is 18.4. The molecule has 1 aromatic rings. The van der Waals surface area contributed by atoms with Gasteiger partial charge in [0, 0.05) is 19.2 Å². The molecular formula is C22H37NO3Si. The third-order valence-corrected chi connectivity index (χ3v) is 11.1. The maximum atomic E-state index is 6.52. The second-order valence-electron chi connectivity index (χ2n) is 9.65. The van der Waals surface area contributed by atoms with Crippen molar-refractivity contribution in [3.05, 3.63) is 23.8 Å². The first-order chi connectivity index (χ1) is 12.7. The van der Waals surface area contributed by atoms with Crippen LogP contribution in [0.5, 0.6) is 11.5 Å². The molecule has 4 nitrogen and oxygen atoms in total. The van der Waals surface area contributed by atoms with Gasteiger partial charge in [0.2, 0.25) is 0 Å². The molecule has 5 heteroatoms. The Kier molecular flexibility index (Phi) is 6.23. The smallest absolute Gasteiger partial charge is 0.191 e. The van der Waals surface area contributed by atoms with Crippen LogP contribution in [0.15, 0.2) is 18.2 Å². The van der Waals surface area contributed by atoms with E-state index in [1.54, 1.807) is 0 Å². The van der Waals surface area contributed by atoms with Crippen molar-refractivity contribution in [1.82, 2.24) is 4.90 Å². The number of likely N-dealkylation sites (tertiary alicyclic amines) is 1. The maximum absolute atomic E-state index is 6.52. The second-order valence-corrected chi connectivity index (χ2v) is 14.5. The van der Waals surface area contributed by atoms with Crippen molar-refractivity contribution >= 4 is 8.32 Å². The monoisotopic (exact) mass is 391 g/mol. The highest BCUT2D eigenvalue weighted by Crippen LogP contribution is 2.38. The minimum Gasteiger partial charge on any atom is -0.486 e. The molecule has 2 atom stereocenters. The second kappa shape index (κ2) is 8.14. The van der Waals surface area contributed by atoms with Gasteiger partial charge in [-0.3, -0.25) is 4.90 Å². The Hall–Kier alpha value is -1.04. The molecule has 0 bridgehead atoms. The van der Waals surface area contributed by atoms with Gasteiger partial charge >= 0.3 is 0 Å². The van der Waals surface area contributed by atoms with Crippen LogP contribution in [0.2, 0.25) is 18.1 Å². The Balaban J connectivity index is 1.60. The van der Waals surface area contributed by atoms with Crippen LogP contribution >= 0.6 is 0 Å². The summed E-state index contributed by atoms with van der Waals surface area (Å²) in [5.41, 5.74) is 1.31. The standard InChI is InChI=1S/C22H37NO3Si/c1-17(19-9-10-20-21(14-19)25-13-12-24-20)23-11-7-8-18(15-23)16-26-27(5,6)22(2,3)4/h9-10,14,17-18H,7-8,11-13,15-16H2,1-6H3. The zero-order valence-corrected chi connectivity index (χ0v) is 19.0. The molecule has 0 N–H and O–H groups in total. The van der Waals surface area contributed by atoms with Crippen LogP contribution in [0.4, 0.5) is 0 Å².